The number of halogens is 2. The van der Waals surface area contributed by atoms with Crippen LogP contribution in [0.5, 0.6) is 0 Å². The minimum atomic E-state index is -0.133. The minimum Gasteiger partial charge on any atom is -0.207 e. The zero-order valence-corrected chi connectivity index (χ0v) is 11.4. The van der Waals surface area contributed by atoms with E-state index in [1.54, 1.807) is 6.07 Å². The molecule has 3 atom stereocenters. The van der Waals surface area contributed by atoms with E-state index in [1.807, 2.05) is 18.2 Å². The van der Waals surface area contributed by atoms with E-state index >= 15 is 0 Å². The van der Waals surface area contributed by atoms with Crippen LogP contribution in [0.4, 0.5) is 4.39 Å². The molecule has 19 heavy (non-hydrogen) atoms. The molecule has 0 amide bonds. The molecule has 0 radical (unpaired) electrons. The van der Waals surface area contributed by atoms with Gasteiger partial charge in [0.15, 0.2) is 0 Å². The molecule has 1 saturated carbocycles. The van der Waals surface area contributed by atoms with Gasteiger partial charge >= 0.3 is 0 Å². The predicted molar refractivity (Wildman–Crippen MR) is 77.2 cm³/mol. The van der Waals surface area contributed by atoms with Crippen molar-refractivity contribution in [2.45, 2.75) is 18.3 Å². The lowest BCUT2D eigenvalue weighted by molar-refractivity contribution is 0.562. The lowest BCUT2D eigenvalue weighted by atomic mass is 9.93. The molecule has 0 nitrogen and oxygen atoms in total. The maximum Gasteiger partial charge on any atom is 0.126 e. The largest absolute Gasteiger partial charge is 0.207 e. The van der Waals surface area contributed by atoms with Gasteiger partial charge in [-0.25, -0.2) is 4.39 Å². The molecular weight excluding hydrogens is 259 g/mol. The van der Waals surface area contributed by atoms with Crippen molar-refractivity contribution in [3.8, 4) is 0 Å². The Labute approximate surface area is 118 Å². The van der Waals surface area contributed by atoms with Crippen LogP contribution in [0.15, 0.2) is 54.6 Å². The SMILES string of the molecule is Fc1ccccc1C(CCl)C1CC1c1ccccc1. The van der Waals surface area contributed by atoms with E-state index in [1.165, 1.54) is 11.6 Å². The summed E-state index contributed by atoms with van der Waals surface area (Å²) in [5, 5.41) is 0. The Morgan fingerprint density at radius 1 is 1.05 bits per heavy atom. The molecule has 2 aromatic carbocycles. The van der Waals surface area contributed by atoms with Crippen LogP contribution in [0, 0.1) is 11.7 Å². The zero-order valence-electron chi connectivity index (χ0n) is 10.6. The highest BCUT2D eigenvalue weighted by Crippen LogP contribution is 2.55. The summed E-state index contributed by atoms with van der Waals surface area (Å²) in [6, 6.07) is 17.4. The molecule has 1 aliphatic carbocycles. The van der Waals surface area contributed by atoms with Gasteiger partial charge in [-0.1, -0.05) is 48.5 Å². The third kappa shape index (κ3) is 2.52. The van der Waals surface area contributed by atoms with Gasteiger partial charge < -0.3 is 0 Å². The van der Waals surface area contributed by atoms with Crippen molar-refractivity contribution in [1.29, 1.82) is 0 Å². The van der Waals surface area contributed by atoms with E-state index in [0.717, 1.165) is 12.0 Å². The van der Waals surface area contributed by atoms with E-state index < -0.39 is 0 Å². The first-order chi connectivity index (χ1) is 9.31. The first kappa shape index (κ1) is 12.7. The molecule has 2 heteroatoms. The van der Waals surface area contributed by atoms with Crippen LogP contribution in [0.1, 0.15) is 29.4 Å². The van der Waals surface area contributed by atoms with E-state index in [0.29, 0.717) is 17.7 Å². The Hall–Kier alpha value is -1.34. The number of hydrogen-bond donors (Lipinski definition) is 0. The molecule has 0 bridgehead atoms. The van der Waals surface area contributed by atoms with Crippen molar-refractivity contribution >= 4 is 11.6 Å². The smallest absolute Gasteiger partial charge is 0.126 e. The van der Waals surface area contributed by atoms with Crippen LogP contribution in [0.3, 0.4) is 0 Å². The summed E-state index contributed by atoms with van der Waals surface area (Å²) in [7, 11) is 0. The van der Waals surface area contributed by atoms with Crippen LogP contribution in [-0.2, 0) is 0 Å². The summed E-state index contributed by atoms with van der Waals surface area (Å²) in [5.74, 6) is 1.47. The Morgan fingerprint density at radius 3 is 2.42 bits per heavy atom. The quantitative estimate of drug-likeness (QED) is 0.692. The molecule has 0 aliphatic heterocycles. The first-order valence-electron chi connectivity index (χ1n) is 6.66. The normalized spacial score (nSPS) is 23.1. The van der Waals surface area contributed by atoms with Crippen LogP contribution in [-0.4, -0.2) is 5.88 Å². The fourth-order valence-electron chi connectivity index (χ4n) is 2.95. The van der Waals surface area contributed by atoms with Crippen molar-refractivity contribution in [3.05, 3.63) is 71.5 Å². The molecule has 3 rings (SSSR count). The van der Waals surface area contributed by atoms with E-state index in [-0.39, 0.29) is 11.7 Å². The van der Waals surface area contributed by atoms with Crippen LogP contribution < -0.4 is 0 Å². The van der Waals surface area contributed by atoms with Crippen LogP contribution >= 0.6 is 11.6 Å². The topological polar surface area (TPSA) is 0 Å². The maximum atomic E-state index is 13.9. The first-order valence-corrected chi connectivity index (χ1v) is 7.20. The highest BCUT2D eigenvalue weighted by molar-refractivity contribution is 6.18. The highest BCUT2D eigenvalue weighted by atomic mass is 35.5. The van der Waals surface area contributed by atoms with Crippen molar-refractivity contribution in [3.63, 3.8) is 0 Å². The second-order valence-corrected chi connectivity index (χ2v) is 5.51. The van der Waals surface area contributed by atoms with Crippen molar-refractivity contribution in [2.24, 2.45) is 5.92 Å². The highest BCUT2D eigenvalue weighted by Gasteiger charge is 2.44. The second-order valence-electron chi connectivity index (χ2n) is 5.20. The molecule has 1 fully saturated rings. The summed E-state index contributed by atoms with van der Waals surface area (Å²) in [5.41, 5.74) is 2.11. The van der Waals surface area contributed by atoms with Crippen LogP contribution in [0.25, 0.3) is 0 Å². The summed E-state index contributed by atoms with van der Waals surface area (Å²) in [6.45, 7) is 0. The predicted octanol–water partition coefficient (Wildman–Crippen LogP) is 4.95. The monoisotopic (exact) mass is 274 g/mol. The molecule has 0 saturated heterocycles. The Morgan fingerprint density at radius 2 is 1.74 bits per heavy atom. The van der Waals surface area contributed by atoms with Crippen molar-refractivity contribution in [2.75, 3.05) is 5.88 Å². The van der Waals surface area contributed by atoms with Gasteiger partial charge in [0, 0.05) is 11.8 Å². The van der Waals surface area contributed by atoms with E-state index in [4.69, 9.17) is 11.6 Å². The molecule has 0 heterocycles. The third-order valence-electron chi connectivity index (χ3n) is 4.06. The Kier molecular flexibility index (Phi) is 3.56. The summed E-state index contributed by atoms with van der Waals surface area (Å²) in [4.78, 5) is 0. The number of rotatable bonds is 4. The maximum absolute atomic E-state index is 13.9. The van der Waals surface area contributed by atoms with Crippen molar-refractivity contribution < 1.29 is 4.39 Å². The zero-order chi connectivity index (χ0) is 13.2. The van der Waals surface area contributed by atoms with E-state index in [9.17, 15) is 4.39 Å². The van der Waals surface area contributed by atoms with Gasteiger partial charge in [0.25, 0.3) is 0 Å². The summed E-state index contributed by atoms with van der Waals surface area (Å²) in [6.07, 6.45) is 1.11. The third-order valence-corrected chi connectivity index (χ3v) is 4.39. The van der Waals surface area contributed by atoms with Gasteiger partial charge in [-0.05, 0) is 35.4 Å². The molecule has 0 aromatic heterocycles. The van der Waals surface area contributed by atoms with Gasteiger partial charge in [0.1, 0.15) is 5.82 Å². The Bertz CT molecular complexity index is 552. The second kappa shape index (κ2) is 5.34. The average molecular weight is 275 g/mol. The average Bonchev–Trinajstić information content (AvgIpc) is 3.23. The lowest BCUT2D eigenvalue weighted by Gasteiger charge is -2.15. The van der Waals surface area contributed by atoms with Crippen molar-refractivity contribution in [1.82, 2.24) is 0 Å². The summed E-state index contributed by atoms with van der Waals surface area (Å²) >= 11 is 6.10. The van der Waals surface area contributed by atoms with Gasteiger partial charge in [-0.2, -0.15) is 0 Å². The molecule has 0 spiro atoms. The fraction of sp³-hybridized carbons (Fsp3) is 0.294. The molecule has 3 unspecified atom stereocenters. The Balaban J connectivity index is 1.81. The molecule has 98 valence electrons. The number of benzene rings is 2. The van der Waals surface area contributed by atoms with Gasteiger partial charge in [0.2, 0.25) is 0 Å². The molecule has 0 N–H and O–H groups in total. The number of hydrogen-bond acceptors (Lipinski definition) is 0. The van der Waals surface area contributed by atoms with Gasteiger partial charge in [0.05, 0.1) is 0 Å². The summed E-state index contributed by atoms with van der Waals surface area (Å²) < 4.78 is 13.9. The lowest BCUT2D eigenvalue weighted by Crippen LogP contribution is -2.07. The van der Waals surface area contributed by atoms with Gasteiger partial charge in [-0.3, -0.25) is 0 Å². The van der Waals surface area contributed by atoms with Crippen LogP contribution in [0.2, 0.25) is 0 Å². The van der Waals surface area contributed by atoms with E-state index in [2.05, 4.69) is 24.3 Å². The molecular formula is C17H16ClF. The fourth-order valence-corrected chi connectivity index (χ4v) is 3.34. The minimum absolute atomic E-state index is 0.119. The standard InChI is InChI=1S/C17H16ClF/c18-11-16(13-8-4-5-9-17(13)19)15-10-14(15)12-6-2-1-3-7-12/h1-9,14-16H,10-11H2. The molecule has 1 aliphatic rings. The van der Waals surface area contributed by atoms with Gasteiger partial charge in [-0.15, -0.1) is 11.6 Å². The molecule has 2 aromatic rings. The number of alkyl halides is 1.